The molecule has 1 amide bonds. The van der Waals surface area contributed by atoms with Crippen LogP contribution in [-0.4, -0.2) is 44.1 Å². The van der Waals surface area contributed by atoms with Crippen molar-refractivity contribution < 1.29 is 26.6 Å². The van der Waals surface area contributed by atoms with E-state index in [1.807, 2.05) is 5.32 Å². The molecule has 0 aliphatic rings. The molecule has 0 aromatic carbocycles. The normalized spacial score (nSPS) is 13.9. The Morgan fingerprint density at radius 2 is 2.07 bits per heavy atom. The van der Waals surface area contributed by atoms with Gasteiger partial charge < -0.3 is 15.6 Å². The molecular formula is C18H24F4N6O. The van der Waals surface area contributed by atoms with Gasteiger partial charge in [0.25, 0.3) is 0 Å². The maximum atomic E-state index is 13.5. The fourth-order valence-corrected chi connectivity index (χ4v) is 2.68. The number of nitrogens with one attached hydrogen (secondary N) is 3. The molecule has 0 saturated carbocycles. The first kappa shape index (κ1) is 20.5. The molecule has 0 radical (unpaired) electrons. The molecule has 3 heterocycles. The fraction of sp³-hybridized carbons (Fsp3) is 0.333. The van der Waals surface area contributed by atoms with E-state index in [9.17, 15) is 22.4 Å². The van der Waals surface area contributed by atoms with E-state index in [0.29, 0.717) is 16.6 Å². The molecule has 3 aromatic rings. The van der Waals surface area contributed by atoms with Crippen molar-refractivity contribution in [2.75, 3.05) is 11.9 Å². The average Bonchev–Trinajstić information content (AvgIpc) is 3.08. The fourth-order valence-electron chi connectivity index (χ4n) is 2.68. The number of carbonyl (C=O) groups excluding carboxylic acids is 1. The Bertz CT molecular complexity index is 1050. The number of hydrogen-bond donors (Lipinski definition) is 3. The number of halogens is 4. The highest BCUT2D eigenvalue weighted by Gasteiger charge is 2.35. The molecule has 0 spiro atoms. The number of aromatic nitrogens is 4. The maximum Gasteiger partial charge on any atom is 0.405 e. The summed E-state index contributed by atoms with van der Waals surface area (Å²) in [7, 11) is 0. The van der Waals surface area contributed by atoms with Crippen LogP contribution in [0, 0.1) is 5.82 Å². The Kier molecular flexibility index (Phi) is 5.40. The summed E-state index contributed by atoms with van der Waals surface area (Å²) < 4.78 is 50.8. The van der Waals surface area contributed by atoms with Crippen LogP contribution in [0.4, 0.5) is 23.4 Å². The van der Waals surface area contributed by atoms with Crippen molar-refractivity contribution in [3.63, 3.8) is 0 Å². The number of nitrogens with zero attached hydrogens (tertiary/aromatic N) is 3. The molecule has 11 heteroatoms. The van der Waals surface area contributed by atoms with Gasteiger partial charge in [0.05, 0.1) is 6.20 Å². The van der Waals surface area contributed by atoms with Crippen molar-refractivity contribution in [2.45, 2.75) is 32.0 Å². The van der Waals surface area contributed by atoms with E-state index < -0.39 is 30.0 Å². The predicted molar refractivity (Wildman–Crippen MR) is 105 cm³/mol. The number of amides is 1. The number of H-pyrrole nitrogens is 1. The summed E-state index contributed by atoms with van der Waals surface area (Å²) in [6.07, 6.45) is -0.220. The summed E-state index contributed by atoms with van der Waals surface area (Å²) in [4.78, 5) is 27.6. The summed E-state index contributed by atoms with van der Waals surface area (Å²) in [6, 6.07) is 2.78. The van der Waals surface area contributed by atoms with Crippen LogP contribution in [-0.2, 0) is 4.79 Å². The van der Waals surface area contributed by atoms with Crippen molar-refractivity contribution in [3.05, 3.63) is 36.5 Å². The molecule has 0 fully saturated rings. The quantitative estimate of drug-likeness (QED) is 0.525. The highest BCUT2D eigenvalue weighted by Crippen LogP contribution is 2.27. The molecule has 0 aliphatic carbocycles. The highest BCUT2D eigenvalue weighted by molar-refractivity contribution is 5.92. The third-order valence-corrected chi connectivity index (χ3v) is 4.46. The second kappa shape index (κ2) is 7.64. The smallest absolute Gasteiger partial charge is 0.356 e. The molecule has 160 valence electrons. The van der Waals surface area contributed by atoms with Gasteiger partial charge in [-0.3, -0.25) is 4.79 Å². The largest absolute Gasteiger partial charge is 0.405 e. The van der Waals surface area contributed by atoms with Crippen molar-refractivity contribution >= 4 is 22.8 Å². The second-order valence-corrected chi connectivity index (χ2v) is 6.63. The van der Waals surface area contributed by atoms with E-state index in [1.165, 1.54) is 25.3 Å². The van der Waals surface area contributed by atoms with Crippen molar-refractivity contribution in [2.24, 2.45) is 0 Å². The monoisotopic (exact) mass is 416 g/mol. The van der Waals surface area contributed by atoms with Crippen molar-refractivity contribution in [1.29, 1.82) is 0 Å². The number of anilines is 1. The third-order valence-electron chi connectivity index (χ3n) is 4.46. The van der Waals surface area contributed by atoms with Crippen LogP contribution in [0.2, 0.25) is 0 Å². The summed E-state index contributed by atoms with van der Waals surface area (Å²) >= 11 is 0. The second-order valence-electron chi connectivity index (χ2n) is 6.63. The van der Waals surface area contributed by atoms with E-state index in [0.717, 1.165) is 6.20 Å². The SMILES string of the molecule is CC[C@@](C)(Nc1ccnc(-c2c[nH]c3ncc(F)cc23)n1)C(=O)NCC(F)(F)F.[HH].[HH].[HH]. The van der Waals surface area contributed by atoms with Gasteiger partial charge in [0.1, 0.15) is 29.4 Å². The number of alkyl halides is 3. The van der Waals surface area contributed by atoms with Gasteiger partial charge in [-0.2, -0.15) is 13.2 Å². The number of rotatable bonds is 6. The number of fused-ring (bicyclic) bond motifs is 1. The summed E-state index contributed by atoms with van der Waals surface area (Å²) in [5.41, 5.74) is -0.381. The zero-order valence-electron chi connectivity index (χ0n) is 15.6. The zero-order valence-corrected chi connectivity index (χ0v) is 15.6. The van der Waals surface area contributed by atoms with Gasteiger partial charge in [-0.1, -0.05) is 6.92 Å². The number of aromatic amines is 1. The van der Waals surface area contributed by atoms with Crippen molar-refractivity contribution in [1.82, 2.24) is 25.3 Å². The van der Waals surface area contributed by atoms with E-state index in [1.54, 1.807) is 13.1 Å². The predicted octanol–water partition coefficient (Wildman–Crippen LogP) is 4.16. The average molecular weight is 416 g/mol. The van der Waals surface area contributed by atoms with Gasteiger partial charge >= 0.3 is 6.18 Å². The lowest BCUT2D eigenvalue weighted by molar-refractivity contribution is -0.140. The molecule has 0 saturated heterocycles. The van der Waals surface area contributed by atoms with Gasteiger partial charge in [-0.25, -0.2) is 19.3 Å². The zero-order chi connectivity index (χ0) is 21.2. The molecule has 0 bridgehead atoms. The van der Waals surface area contributed by atoms with Gasteiger partial charge in [0.2, 0.25) is 5.91 Å². The van der Waals surface area contributed by atoms with E-state index in [-0.39, 0.29) is 22.3 Å². The Morgan fingerprint density at radius 1 is 1.31 bits per heavy atom. The van der Waals surface area contributed by atoms with Crippen LogP contribution < -0.4 is 10.6 Å². The Morgan fingerprint density at radius 3 is 2.76 bits per heavy atom. The van der Waals surface area contributed by atoms with Crippen LogP contribution >= 0.6 is 0 Å². The van der Waals surface area contributed by atoms with Gasteiger partial charge in [0.15, 0.2) is 5.82 Å². The molecule has 0 aliphatic heterocycles. The molecule has 29 heavy (non-hydrogen) atoms. The molecule has 3 aromatic heterocycles. The van der Waals surface area contributed by atoms with E-state index in [4.69, 9.17) is 0 Å². The van der Waals surface area contributed by atoms with Gasteiger partial charge in [0, 0.05) is 27.6 Å². The Balaban J connectivity index is 0.00000320. The molecule has 3 rings (SSSR count). The summed E-state index contributed by atoms with van der Waals surface area (Å²) in [5.74, 6) is -0.855. The number of pyridine rings is 1. The lowest BCUT2D eigenvalue weighted by atomic mass is 9.97. The lowest BCUT2D eigenvalue weighted by Gasteiger charge is -2.29. The van der Waals surface area contributed by atoms with Crippen LogP contribution in [0.25, 0.3) is 22.4 Å². The first-order valence-electron chi connectivity index (χ1n) is 8.70. The number of hydrogen-bond acceptors (Lipinski definition) is 5. The number of carbonyl (C=O) groups is 1. The summed E-state index contributed by atoms with van der Waals surface area (Å²) in [5, 5.41) is 5.23. The maximum absolute atomic E-state index is 13.5. The van der Waals surface area contributed by atoms with Gasteiger partial charge in [-0.05, 0) is 25.5 Å². The van der Waals surface area contributed by atoms with Crippen molar-refractivity contribution in [3.8, 4) is 11.4 Å². The molecule has 3 N–H and O–H groups in total. The highest BCUT2D eigenvalue weighted by atomic mass is 19.4. The molecular weight excluding hydrogens is 392 g/mol. The van der Waals surface area contributed by atoms with E-state index >= 15 is 0 Å². The minimum atomic E-state index is -4.51. The minimum absolute atomic E-state index is 0. The van der Waals surface area contributed by atoms with Crippen LogP contribution in [0.1, 0.15) is 24.5 Å². The molecule has 0 unspecified atom stereocenters. The first-order valence-corrected chi connectivity index (χ1v) is 8.70. The topological polar surface area (TPSA) is 95.6 Å². The standard InChI is InChI=1S/C18H18F4N6O.3H2/c1-3-17(2,16(29)26-9-18(20,21)22)28-13-4-5-23-15(27-13)12-8-25-14-11(12)6-10(19)7-24-14;;;/h4-8H,3,9H2,1-2H3,(H,24,25)(H,26,29)(H,23,27,28);3*1H/t17-;;;/m1.../s1. The Hall–Kier alpha value is -3.24. The lowest BCUT2D eigenvalue weighted by Crippen LogP contribution is -2.52. The van der Waals surface area contributed by atoms with E-state index in [2.05, 4.69) is 25.3 Å². The Labute approximate surface area is 167 Å². The van der Waals surface area contributed by atoms with Gasteiger partial charge in [-0.15, -0.1) is 0 Å². The van der Waals surface area contributed by atoms with Crippen LogP contribution in [0.3, 0.4) is 0 Å². The molecule has 7 nitrogen and oxygen atoms in total. The first-order chi connectivity index (χ1) is 13.6. The minimum Gasteiger partial charge on any atom is -0.356 e. The van der Waals surface area contributed by atoms with Crippen LogP contribution in [0.15, 0.2) is 30.7 Å². The molecule has 1 atom stereocenters. The van der Waals surface area contributed by atoms with Crippen LogP contribution in [0.5, 0.6) is 0 Å². The third kappa shape index (κ3) is 4.61. The summed E-state index contributed by atoms with van der Waals surface area (Å²) in [6.45, 7) is 1.72.